The molecule has 0 N–H and O–H groups in total. The average molecular weight is 265 g/mol. The highest BCUT2D eigenvalue weighted by atomic mass is 35.5. The van der Waals surface area contributed by atoms with E-state index in [-0.39, 0.29) is 5.92 Å². The van der Waals surface area contributed by atoms with E-state index in [9.17, 15) is 4.79 Å². The second kappa shape index (κ2) is 6.38. The standard InChI is InChI=1S/C16H21ClO/c1-2-5-12-8-9-16(18)14(10-12)11-13-6-3-4-7-15(13)17/h3-4,6-7,12,14H,2,5,8-11H2,1H3. The van der Waals surface area contributed by atoms with Gasteiger partial charge in [-0.05, 0) is 36.8 Å². The van der Waals surface area contributed by atoms with E-state index in [0.717, 1.165) is 42.2 Å². The van der Waals surface area contributed by atoms with Crippen molar-refractivity contribution in [3.05, 3.63) is 34.9 Å². The zero-order valence-corrected chi connectivity index (χ0v) is 11.7. The third kappa shape index (κ3) is 3.35. The van der Waals surface area contributed by atoms with Gasteiger partial charge in [0.05, 0.1) is 0 Å². The Morgan fingerprint density at radius 1 is 1.33 bits per heavy atom. The lowest BCUT2D eigenvalue weighted by atomic mass is 9.76. The van der Waals surface area contributed by atoms with Crippen molar-refractivity contribution in [2.24, 2.45) is 11.8 Å². The first-order valence-corrected chi connectivity index (χ1v) is 7.34. The number of halogens is 1. The van der Waals surface area contributed by atoms with Crippen LogP contribution in [0.5, 0.6) is 0 Å². The van der Waals surface area contributed by atoms with Gasteiger partial charge in [0.25, 0.3) is 0 Å². The molecule has 0 aromatic heterocycles. The Balaban J connectivity index is 2.03. The summed E-state index contributed by atoms with van der Waals surface area (Å²) >= 11 is 6.18. The minimum Gasteiger partial charge on any atom is -0.299 e. The molecule has 18 heavy (non-hydrogen) atoms. The van der Waals surface area contributed by atoms with Crippen molar-refractivity contribution in [2.75, 3.05) is 0 Å². The molecular weight excluding hydrogens is 244 g/mol. The van der Waals surface area contributed by atoms with Crippen molar-refractivity contribution < 1.29 is 4.79 Å². The van der Waals surface area contributed by atoms with Crippen LogP contribution in [-0.2, 0) is 11.2 Å². The lowest BCUT2D eigenvalue weighted by Crippen LogP contribution is -2.26. The fourth-order valence-corrected chi connectivity index (χ4v) is 3.21. The second-order valence-electron chi connectivity index (χ2n) is 5.39. The average Bonchev–Trinajstić information content (AvgIpc) is 2.36. The van der Waals surface area contributed by atoms with E-state index in [0.29, 0.717) is 5.78 Å². The second-order valence-corrected chi connectivity index (χ2v) is 5.80. The molecule has 0 saturated heterocycles. The Labute approximate surface area is 115 Å². The van der Waals surface area contributed by atoms with E-state index in [1.165, 1.54) is 12.8 Å². The van der Waals surface area contributed by atoms with Crippen LogP contribution in [0.3, 0.4) is 0 Å². The molecule has 98 valence electrons. The highest BCUT2D eigenvalue weighted by Gasteiger charge is 2.28. The molecule has 2 unspecified atom stereocenters. The molecule has 0 bridgehead atoms. The maximum absolute atomic E-state index is 12.0. The van der Waals surface area contributed by atoms with Gasteiger partial charge in [-0.25, -0.2) is 0 Å². The molecule has 0 aliphatic heterocycles. The van der Waals surface area contributed by atoms with Gasteiger partial charge in [0.1, 0.15) is 5.78 Å². The quantitative estimate of drug-likeness (QED) is 0.772. The van der Waals surface area contributed by atoms with Crippen LogP contribution >= 0.6 is 11.6 Å². The molecule has 1 aromatic rings. The highest BCUT2D eigenvalue weighted by molar-refractivity contribution is 6.31. The summed E-state index contributed by atoms with van der Waals surface area (Å²) in [6, 6.07) is 7.89. The third-order valence-electron chi connectivity index (χ3n) is 3.99. The predicted octanol–water partition coefficient (Wildman–Crippen LogP) is 4.67. The van der Waals surface area contributed by atoms with Crippen molar-refractivity contribution in [1.29, 1.82) is 0 Å². The number of carbonyl (C=O) groups excluding carboxylic acids is 1. The van der Waals surface area contributed by atoms with E-state index in [2.05, 4.69) is 6.92 Å². The van der Waals surface area contributed by atoms with Gasteiger partial charge in [-0.15, -0.1) is 0 Å². The van der Waals surface area contributed by atoms with Gasteiger partial charge in [-0.1, -0.05) is 49.6 Å². The summed E-state index contributed by atoms with van der Waals surface area (Å²) in [6.07, 6.45) is 6.20. The Morgan fingerprint density at radius 2 is 2.11 bits per heavy atom. The van der Waals surface area contributed by atoms with Gasteiger partial charge in [0, 0.05) is 17.4 Å². The van der Waals surface area contributed by atoms with E-state index in [1.807, 2.05) is 24.3 Å². The van der Waals surface area contributed by atoms with Crippen molar-refractivity contribution in [3.8, 4) is 0 Å². The molecule has 1 saturated carbocycles. The summed E-state index contributed by atoms with van der Waals surface area (Å²) in [5.74, 6) is 1.36. The summed E-state index contributed by atoms with van der Waals surface area (Å²) in [6.45, 7) is 2.22. The zero-order valence-electron chi connectivity index (χ0n) is 11.0. The molecule has 0 amide bonds. The van der Waals surface area contributed by atoms with Gasteiger partial charge in [-0.3, -0.25) is 4.79 Å². The number of Topliss-reactive ketones (excluding diaryl/α,β-unsaturated/α-hetero) is 1. The summed E-state index contributed by atoms with van der Waals surface area (Å²) in [4.78, 5) is 12.0. The first-order chi connectivity index (χ1) is 8.70. The molecule has 1 fully saturated rings. The molecule has 2 heteroatoms. The molecule has 0 heterocycles. The van der Waals surface area contributed by atoms with Gasteiger partial charge in [-0.2, -0.15) is 0 Å². The number of ketones is 1. The largest absolute Gasteiger partial charge is 0.299 e. The molecule has 0 radical (unpaired) electrons. The van der Waals surface area contributed by atoms with Gasteiger partial charge >= 0.3 is 0 Å². The van der Waals surface area contributed by atoms with Gasteiger partial charge in [0.15, 0.2) is 0 Å². The van der Waals surface area contributed by atoms with Crippen LogP contribution < -0.4 is 0 Å². The summed E-state index contributed by atoms with van der Waals surface area (Å²) < 4.78 is 0. The van der Waals surface area contributed by atoms with Crippen LogP contribution in [0.25, 0.3) is 0 Å². The van der Waals surface area contributed by atoms with Crippen LogP contribution in [0.2, 0.25) is 5.02 Å². The fraction of sp³-hybridized carbons (Fsp3) is 0.562. The number of rotatable bonds is 4. The number of carbonyl (C=O) groups is 1. The van der Waals surface area contributed by atoms with E-state index < -0.39 is 0 Å². The van der Waals surface area contributed by atoms with Gasteiger partial charge in [0.2, 0.25) is 0 Å². The summed E-state index contributed by atoms with van der Waals surface area (Å²) in [5.41, 5.74) is 1.12. The third-order valence-corrected chi connectivity index (χ3v) is 4.36. The molecule has 2 atom stereocenters. The normalized spacial score (nSPS) is 24.2. The topological polar surface area (TPSA) is 17.1 Å². The van der Waals surface area contributed by atoms with Crippen molar-refractivity contribution >= 4 is 17.4 Å². The van der Waals surface area contributed by atoms with Crippen LogP contribution in [-0.4, -0.2) is 5.78 Å². The lowest BCUT2D eigenvalue weighted by Gasteiger charge is -2.28. The smallest absolute Gasteiger partial charge is 0.136 e. The fourth-order valence-electron chi connectivity index (χ4n) is 3.00. The Morgan fingerprint density at radius 3 is 2.83 bits per heavy atom. The Hall–Kier alpha value is -0.820. The number of benzene rings is 1. The van der Waals surface area contributed by atoms with Crippen LogP contribution in [0.1, 0.15) is 44.6 Å². The molecule has 1 aromatic carbocycles. The number of hydrogen-bond donors (Lipinski definition) is 0. The van der Waals surface area contributed by atoms with Crippen molar-refractivity contribution in [2.45, 2.75) is 45.4 Å². The minimum absolute atomic E-state index is 0.190. The summed E-state index contributed by atoms with van der Waals surface area (Å²) in [5, 5.41) is 0.794. The van der Waals surface area contributed by atoms with Crippen LogP contribution in [0.4, 0.5) is 0 Å². The Bertz CT molecular complexity index is 413. The zero-order chi connectivity index (χ0) is 13.0. The molecule has 0 spiro atoms. The maximum Gasteiger partial charge on any atom is 0.136 e. The van der Waals surface area contributed by atoms with Crippen molar-refractivity contribution in [1.82, 2.24) is 0 Å². The monoisotopic (exact) mass is 264 g/mol. The highest BCUT2D eigenvalue weighted by Crippen LogP contribution is 2.32. The SMILES string of the molecule is CCCC1CCC(=O)C(Cc2ccccc2Cl)C1. The van der Waals surface area contributed by atoms with Crippen molar-refractivity contribution in [3.63, 3.8) is 0 Å². The first-order valence-electron chi connectivity index (χ1n) is 6.96. The van der Waals surface area contributed by atoms with E-state index in [4.69, 9.17) is 11.6 Å². The van der Waals surface area contributed by atoms with E-state index >= 15 is 0 Å². The summed E-state index contributed by atoms with van der Waals surface area (Å²) in [7, 11) is 0. The Kier molecular flexibility index (Phi) is 4.82. The molecule has 2 rings (SSSR count). The predicted molar refractivity (Wildman–Crippen MR) is 75.9 cm³/mol. The molecule has 1 aliphatic carbocycles. The molecule has 1 nitrogen and oxygen atoms in total. The molecule has 1 aliphatic rings. The lowest BCUT2D eigenvalue weighted by molar-refractivity contribution is -0.125. The number of hydrogen-bond acceptors (Lipinski definition) is 1. The van der Waals surface area contributed by atoms with E-state index in [1.54, 1.807) is 0 Å². The minimum atomic E-state index is 0.190. The maximum atomic E-state index is 12.0. The molecular formula is C16H21ClO. The van der Waals surface area contributed by atoms with Crippen LogP contribution in [0.15, 0.2) is 24.3 Å². The van der Waals surface area contributed by atoms with Gasteiger partial charge < -0.3 is 0 Å². The van der Waals surface area contributed by atoms with Crippen LogP contribution in [0, 0.1) is 11.8 Å². The first kappa shape index (κ1) is 13.6.